The summed E-state index contributed by atoms with van der Waals surface area (Å²) in [5.74, 6) is 3.96. The molecule has 0 radical (unpaired) electrons. The lowest BCUT2D eigenvalue weighted by atomic mass is 9.68. The molecule has 0 aromatic carbocycles. The normalized spacial score (nSPS) is 48.5. The third-order valence-corrected chi connectivity index (χ3v) is 3.91. The minimum atomic E-state index is 0.923. The van der Waals surface area contributed by atoms with Gasteiger partial charge in [0.15, 0.2) is 0 Å². The largest absolute Gasteiger partial charge is 0.316 e. The third kappa shape index (κ3) is 1.52. The highest BCUT2D eigenvalue weighted by Crippen LogP contribution is 2.39. The summed E-state index contributed by atoms with van der Waals surface area (Å²) in [7, 11) is 0. The second-order valence-electron chi connectivity index (χ2n) is 4.98. The molecule has 1 heterocycles. The molecule has 1 saturated heterocycles. The first kappa shape index (κ1) is 8.55. The molecule has 0 spiro atoms. The van der Waals surface area contributed by atoms with Crippen LogP contribution in [0.4, 0.5) is 0 Å². The Labute approximate surface area is 75.9 Å². The van der Waals surface area contributed by atoms with Gasteiger partial charge in [-0.1, -0.05) is 20.3 Å². The average molecular weight is 167 g/mol. The predicted molar refractivity (Wildman–Crippen MR) is 52.0 cm³/mol. The zero-order valence-electron chi connectivity index (χ0n) is 8.34. The molecule has 0 aromatic rings. The number of piperidine rings is 1. The van der Waals surface area contributed by atoms with E-state index in [9.17, 15) is 0 Å². The van der Waals surface area contributed by atoms with Gasteiger partial charge in [0, 0.05) is 0 Å². The van der Waals surface area contributed by atoms with Crippen molar-refractivity contribution >= 4 is 0 Å². The number of rotatable bonds is 0. The van der Waals surface area contributed by atoms with Crippen molar-refractivity contribution in [2.45, 2.75) is 33.1 Å². The molecular weight excluding hydrogens is 146 g/mol. The molecule has 2 rings (SSSR count). The topological polar surface area (TPSA) is 12.0 Å². The van der Waals surface area contributed by atoms with Crippen LogP contribution in [0.1, 0.15) is 33.1 Å². The van der Waals surface area contributed by atoms with E-state index in [1.807, 2.05) is 0 Å². The summed E-state index contributed by atoms with van der Waals surface area (Å²) in [4.78, 5) is 0. The van der Waals surface area contributed by atoms with Crippen molar-refractivity contribution in [3.05, 3.63) is 0 Å². The van der Waals surface area contributed by atoms with Gasteiger partial charge >= 0.3 is 0 Å². The molecule has 0 bridgehead atoms. The van der Waals surface area contributed by atoms with Crippen molar-refractivity contribution in [1.29, 1.82) is 0 Å². The molecule has 1 N–H and O–H groups in total. The number of hydrogen-bond acceptors (Lipinski definition) is 1. The Morgan fingerprint density at radius 3 is 2.75 bits per heavy atom. The van der Waals surface area contributed by atoms with Crippen LogP contribution in [0.5, 0.6) is 0 Å². The van der Waals surface area contributed by atoms with Crippen LogP contribution >= 0.6 is 0 Å². The van der Waals surface area contributed by atoms with Crippen LogP contribution in [0.2, 0.25) is 0 Å². The van der Waals surface area contributed by atoms with Gasteiger partial charge in [0.2, 0.25) is 0 Å². The molecule has 12 heavy (non-hydrogen) atoms. The smallest absolute Gasteiger partial charge is 0.00176 e. The van der Waals surface area contributed by atoms with Crippen LogP contribution in [0.15, 0.2) is 0 Å². The third-order valence-electron chi connectivity index (χ3n) is 3.91. The zero-order valence-corrected chi connectivity index (χ0v) is 8.34. The number of fused-ring (bicyclic) bond motifs is 1. The monoisotopic (exact) mass is 167 g/mol. The average Bonchev–Trinajstić information content (AvgIpc) is 2.07. The summed E-state index contributed by atoms with van der Waals surface area (Å²) in [5.41, 5.74) is 0. The first-order valence-electron chi connectivity index (χ1n) is 5.48. The predicted octanol–water partition coefficient (Wildman–Crippen LogP) is 2.28. The van der Waals surface area contributed by atoms with E-state index >= 15 is 0 Å². The molecule has 0 amide bonds. The lowest BCUT2D eigenvalue weighted by molar-refractivity contribution is 0.101. The first-order valence-corrected chi connectivity index (χ1v) is 5.48. The first-order chi connectivity index (χ1) is 5.77. The molecular formula is C11H21N. The van der Waals surface area contributed by atoms with Gasteiger partial charge in [0.1, 0.15) is 0 Å². The Morgan fingerprint density at radius 1 is 1.08 bits per heavy atom. The molecule has 1 heteroatoms. The minimum Gasteiger partial charge on any atom is -0.316 e. The Hall–Kier alpha value is -0.0400. The quantitative estimate of drug-likeness (QED) is 0.583. The van der Waals surface area contributed by atoms with Crippen molar-refractivity contribution in [1.82, 2.24) is 5.32 Å². The molecule has 2 aliphatic rings. The summed E-state index contributed by atoms with van der Waals surface area (Å²) in [6, 6.07) is 0. The molecule has 1 aliphatic carbocycles. The van der Waals surface area contributed by atoms with Gasteiger partial charge in [0.05, 0.1) is 0 Å². The Kier molecular flexibility index (Phi) is 2.40. The van der Waals surface area contributed by atoms with E-state index in [4.69, 9.17) is 0 Å². The van der Waals surface area contributed by atoms with Crippen molar-refractivity contribution in [3.8, 4) is 0 Å². The fraction of sp³-hybridized carbons (Fsp3) is 1.00. The minimum absolute atomic E-state index is 0.923. The van der Waals surface area contributed by atoms with Crippen LogP contribution in [0.3, 0.4) is 0 Å². The van der Waals surface area contributed by atoms with Gasteiger partial charge < -0.3 is 5.32 Å². The van der Waals surface area contributed by atoms with Crippen LogP contribution in [0, 0.1) is 23.7 Å². The van der Waals surface area contributed by atoms with E-state index in [2.05, 4.69) is 19.2 Å². The fourth-order valence-electron chi connectivity index (χ4n) is 3.09. The van der Waals surface area contributed by atoms with Gasteiger partial charge in [-0.3, -0.25) is 0 Å². The molecule has 1 nitrogen and oxygen atoms in total. The zero-order chi connectivity index (χ0) is 8.55. The lowest BCUT2D eigenvalue weighted by Crippen LogP contribution is -2.44. The summed E-state index contributed by atoms with van der Waals surface area (Å²) in [6.07, 6.45) is 4.44. The van der Waals surface area contributed by atoms with Gasteiger partial charge in [-0.2, -0.15) is 0 Å². The van der Waals surface area contributed by atoms with Crippen molar-refractivity contribution in [2.75, 3.05) is 13.1 Å². The maximum atomic E-state index is 3.55. The molecule has 0 aromatic heterocycles. The highest BCUT2D eigenvalue weighted by Gasteiger charge is 2.34. The van der Waals surface area contributed by atoms with E-state index in [0.29, 0.717) is 0 Å². The van der Waals surface area contributed by atoms with Gasteiger partial charge in [-0.25, -0.2) is 0 Å². The van der Waals surface area contributed by atoms with Crippen LogP contribution in [-0.4, -0.2) is 13.1 Å². The maximum Gasteiger partial charge on any atom is -0.00176 e. The van der Waals surface area contributed by atoms with Gasteiger partial charge in [-0.15, -0.1) is 0 Å². The van der Waals surface area contributed by atoms with Gasteiger partial charge in [-0.05, 0) is 49.6 Å². The van der Waals surface area contributed by atoms with Crippen molar-refractivity contribution in [3.63, 3.8) is 0 Å². The highest BCUT2D eigenvalue weighted by atomic mass is 14.9. The van der Waals surface area contributed by atoms with Gasteiger partial charge in [0.25, 0.3) is 0 Å². The van der Waals surface area contributed by atoms with E-state index in [0.717, 1.165) is 23.7 Å². The maximum absolute atomic E-state index is 3.55. The lowest BCUT2D eigenvalue weighted by Gasteiger charge is -2.42. The molecule has 4 atom stereocenters. The molecule has 70 valence electrons. The van der Waals surface area contributed by atoms with Crippen molar-refractivity contribution in [2.24, 2.45) is 23.7 Å². The standard InChI is InChI=1S/C11H21N/c1-8-3-4-10-7-12-6-9(2)11(10)5-8/h8-12H,3-7H2,1-2H3. The molecule has 1 aliphatic heterocycles. The summed E-state index contributed by atoms with van der Waals surface area (Å²) < 4.78 is 0. The summed E-state index contributed by atoms with van der Waals surface area (Å²) in [6.45, 7) is 7.39. The number of hydrogen-bond donors (Lipinski definition) is 1. The molecule has 4 unspecified atom stereocenters. The molecule has 2 fully saturated rings. The summed E-state index contributed by atoms with van der Waals surface area (Å²) >= 11 is 0. The van der Waals surface area contributed by atoms with Crippen LogP contribution in [-0.2, 0) is 0 Å². The van der Waals surface area contributed by atoms with Crippen molar-refractivity contribution < 1.29 is 0 Å². The second-order valence-corrected chi connectivity index (χ2v) is 4.98. The van der Waals surface area contributed by atoms with E-state index < -0.39 is 0 Å². The van der Waals surface area contributed by atoms with E-state index in [1.54, 1.807) is 0 Å². The Bertz CT molecular complexity index is 155. The van der Waals surface area contributed by atoms with Crippen LogP contribution < -0.4 is 5.32 Å². The Morgan fingerprint density at radius 2 is 1.92 bits per heavy atom. The molecule has 1 saturated carbocycles. The van der Waals surface area contributed by atoms with E-state index in [-0.39, 0.29) is 0 Å². The second kappa shape index (κ2) is 3.37. The SMILES string of the molecule is CC1CCC2CNCC(C)C2C1. The Balaban J connectivity index is 2.00. The number of nitrogens with one attached hydrogen (secondary N) is 1. The fourth-order valence-corrected chi connectivity index (χ4v) is 3.09. The summed E-state index contributed by atoms with van der Waals surface area (Å²) in [5, 5.41) is 3.55. The highest BCUT2D eigenvalue weighted by molar-refractivity contribution is 4.87. The van der Waals surface area contributed by atoms with E-state index in [1.165, 1.54) is 32.4 Å². The van der Waals surface area contributed by atoms with Crippen LogP contribution in [0.25, 0.3) is 0 Å².